The minimum atomic E-state index is 0.363. The first kappa shape index (κ1) is 15.7. The zero-order chi connectivity index (χ0) is 13.2. The van der Waals surface area contributed by atoms with Gasteiger partial charge in [-0.3, -0.25) is 0 Å². The van der Waals surface area contributed by atoms with Crippen molar-refractivity contribution in [2.75, 3.05) is 26.2 Å². The molecule has 1 saturated heterocycles. The van der Waals surface area contributed by atoms with Crippen LogP contribution in [0, 0.1) is 0 Å². The van der Waals surface area contributed by atoms with Crippen molar-refractivity contribution in [2.24, 2.45) is 0 Å². The second-order valence-electron chi connectivity index (χ2n) is 5.02. The number of nitrogens with one attached hydrogen (secondary N) is 1. The smallest absolute Gasteiger partial charge is 0.169 e. The highest BCUT2D eigenvalue weighted by Crippen LogP contribution is 2.10. The third kappa shape index (κ3) is 6.01. The van der Waals surface area contributed by atoms with Crippen LogP contribution in [0.4, 0.5) is 0 Å². The Labute approximate surface area is 117 Å². The fraction of sp³-hybridized carbons (Fsp3) is 0.929. The van der Waals surface area contributed by atoms with Crippen molar-refractivity contribution in [2.45, 2.75) is 58.5 Å². The van der Waals surface area contributed by atoms with E-state index in [1.54, 1.807) is 0 Å². The summed E-state index contributed by atoms with van der Waals surface area (Å²) in [4.78, 5) is 2.32. The van der Waals surface area contributed by atoms with E-state index in [0.29, 0.717) is 6.10 Å². The summed E-state index contributed by atoms with van der Waals surface area (Å²) < 4.78 is 5.60. The van der Waals surface area contributed by atoms with Gasteiger partial charge in [-0.1, -0.05) is 26.7 Å². The monoisotopic (exact) mass is 272 g/mol. The van der Waals surface area contributed by atoms with Gasteiger partial charge in [-0.15, -0.1) is 0 Å². The predicted molar refractivity (Wildman–Crippen MR) is 81.0 cm³/mol. The molecule has 0 aromatic rings. The van der Waals surface area contributed by atoms with Crippen LogP contribution in [0.15, 0.2) is 0 Å². The molecule has 0 spiro atoms. The molecule has 1 aliphatic rings. The Morgan fingerprint density at radius 3 is 2.44 bits per heavy atom. The molecule has 3 nitrogen and oxygen atoms in total. The summed E-state index contributed by atoms with van der Waals surface area (Å²) in [5, 5.41) is 4.28. The predicted octanol–water partition coefficient (Wildman–Crippen LogP) is 2.94. The number of hydrogen-bond donors (Lipinski definition) is 1. The van der Waals surface area contributed by atoms with Gasteiger partial charge in [0.15, 0.2) is 5.11 Å². The number of ether oxygens (including phenoxy) is 1. The second kappa shape index (κ2) is 9.56. The van der Waals surface area contributed by atoms with Gasteiger partial charge >= 0.3 is 0 Å². The van der Waals surface area contributed by atoms with Crippen molar-refractivity contribution in [3.05, 3.63) is 0 Å². The largest absolute Gasteiger partial charge is 0.376 e. The van der Waals surface area contributed by atoms with E-state index in [1.807, 2.05) is 0 Å². The quantitative estimate of drug-likeness (QED) is 0.687. The third-order valence-corrected chi connectivity index (χ3v) is 3.76. The molecule has 0 aromatic carbocycles. The first-order chi connectivity index (χ1) is 8.77. The maximum atomic E-state index is 5.60. The van der Waals surface area contributed by atoms with Crippen molar-refractivity contribution in [3.63, 3.8) is 0 Å². The molecule has 1 aliphatic heterocycles. The van der Waals surface area contributed by atoms with Crippen LogP contribution in [0.1, 0.15) is 52.4 Å². The molecule has 106 valence electrons. The highest BCUT2D eigenvalue weighted by Gasteiger charge is 2.16. The van der Waals surface area contributed by atoms with E-state index >= 15 is 0 Å². The van der Waals surface area contributed by atoms with Gasteiger partial charge in [-0.05, 0) is 37.9 Å². The molecule has 4 heteroatoms. The Morgan fingerprint density at radius 1 is 1.28 bits per heavy atom. The van der Waals surface area contributed by atoms with E-state index in [4.69, 9.17) is 17.0 Å². The van der Waals surface area contributed by atoms with E-state index < -0.39 is 0 Å². The van der Waals surface area contributed by atoms with Crippen LogP contribution in [0.25, 0.3) is 0 Å². The van der Waals surface area contributed by atoms with Crippen molar-refractivity contribution >= 4 is 17.3 Å². The summed E-state index contributed by atoms with van der Waals surface area (Å²) >= 11 is 5.50. The third-order valence-electron chi connectivity index (χ3n) is 3.36. The van der Waals surface area contributed by atoms with Crippen LogP contribution < -0.4 is 5.32 Å². The van der Waals surface area contributed by atoms with Gasteiger partial charge in [0.05, 0.1) is 6.10 Å². The van der Waals surface area contributed by atoms with Crippen LogP contribution in [0.2, 0.25) is 0 Å². The summed E-state index contributed by atoms with van der Waals surface area (Å²) in [6.45, 7) is 8.38. The van der Waals surface area contributed by atoms with Gasteiger partial charge < -0.3 is 15.0 Å². The van der Waals surface area contributed by atoms with Crippen molar-refractivity contribution < 1.29 is 4.74 Å². The van der Waals surface area contributed by atoms with Crippen molar-refractivity contribution in [1.82, 2.24) is 10.2 Å². The van der Waals surface area contributed by atoms with E-state index in [-0.39, 0.29) is 0 Å². The van der Waals surface area contributed by atoms with Crippen molar-refractivity contribution in [1.29, 1.82) is 0 Å². The van der Waals surface area contributed by atoms with E-state index in [9.17, 15) is 0 Å². The van der Waals surface area contributed by atoms with Gasteiger partial charge in [0.2, 0.25) is 0 Å². The van der Waals surface area contributed by atoms with Gasteiger partial charge in [-0.2, -0.15) is 0 Å². The minimum absolute atomic E-state index is 0.363. The summed E-state index contributed by atoms with van der Waals surface area (Å²) in [7, 11) is 0. The molecule has 1 fully saturated rings. The van der Waals surface area contributed by atoms with Gasteiger partial charge in [-0.25, -0.2) is 0 Å². The number of hydrogen-bond acceptors (Lipinski definition) is 2. The summed E-state index contributed by atoms with van der Waals surface area (Å²) in [5.41, 5.74) is 0. The zero-order valence-corrected chi connectivity index (χ0v) is 12.7. The Balaban J connectivity index is 2.27. The van der Waals surface area contributed by atoms with Crippen LogP contribution in [-0.4, -0.2) is 42.4 Å². The maximum absolute atomic E-state index is 5.60. The second-order valence-corrected chi connectivity index (χ2v) is 5.40. The van der Waals surface area contributed by atoms with Gasteiger partial charge in [0, 0.05) is 26.2 Å². The fourth-order valence-electron chi connectivity index (χ4n) is 2.13. The van der Waals surface area contributed by atoms with Gasteiger partial charge in [0.1, 0.15) is 0 Å². The molecule has 0 aliphatic carbocycles. The molecular formula is C14H28N2OS. The molecule has 0 amide bonds. The van der Waals surface area contributed by atoms with Crippen LogP contribution in [-0.2, 0) is 4.74 Å². The van der Waals surface area contributed by atoms with Crippen LogP contribution in [0.5, 0.6) is 0 Å². The lowest BCUT2D eigenvalue weighted by atomic mass is 10.2. The Kier molecular flexibility index (Phi) is 8.34. The normalized spacial score (nSPS) is 18.9. The summed E-state index contributed by atoms with van der Waals surface area (Å²) in [5.74, 6) is 0. The maximum Gasteiger partial charge on any atom is 0.169 e. The first-order valence-electron chi connectivity index (χ1n) is 7.42. The topological polar surface area (TPSA) is 24.5 Å². The van der Waals surface area contributed by atoms with E-state index in [1.165, 1.54) is 38.5 Å². The molecular weight excluding hydrogens is 244 g/mol. The minimum Gasteiger partial charge on any atom is -0.376 e. The fourth-order valence-corrected chi connectivity index (χ4v) is 2.40. The molecule has 0 radical (unpaired) electrons. The average Bonchev–Trinajstić information content (AvgIpc) is 2.89. The van der Waals surface area contributed by atoms with E-state index in [0.717, 1.165) is 31.4 Å². The summed E-state index contributed by atoms with van der Waals surface area (Å²) in [6, 6.07) is 0. The first-order valence-corrected chi connectivity index (χ1v) is 7.83. The lowest BCUT2D eigenvalue weighted by Gasteiger charge is -2.26. The molecule has 1 N–H and O–H groups in total. The SMILES string of the molecule is CCCCN(CCCC)C(=S)NC[C@@H]1CCCO1. The Morgan fingerprint density at radius 2 is 1.94 bits per heavy atom. The van der Waals surface area contributed by atoms with Gasteiger partial charge in [0.25, 0.3) is 0 Å². The van der Waals surface area contributed by atoms with Crippen LogP contribution >= 0.6 is 12.2 Å². The number of rotatable bonds is 8. The van der Waals surface area contributed by atoms with E-state index in [2.05, 4.69) is 24.1 Å². The average molecular weight is 272 g/mol. The zero-order valence-electron chi connectivity index (χ0n) is 11.9. The molecule has 1 atom stereocenters. The van der Waals surface area contributed by atoms with Crippen molar-refractivity contribution in [3.8, 4) is 0 Å². The standard InChI is InChI=1S/C14H28N2OS/c1-3-5-9-16(10-6-4-2)14(18)15-12-13-8-7-11-17-13/h13H,3-12H2,1-2H3,(H,15,18)/t13-/m0/s1. The number of thiocarbonyl (C=S) groups is 1. The Bertz CT molecular complexity index is 222. The lowest BCUT2D eigenvalue weighted by molar-refractivity contribution is 0.113. The lowest BCUT2D eigenvalue weighted by Crippen LogP contribution is -2.43. The Hall–Kier alpha value is -0.350. The number of unbranched alkanes of at least 4 members (excludes halogenated alkanes) is 2. The highest BCUT2D eigenvalue weighted by atomic mass is 32.1. The summed E-state index contributed by atoms with van der Waals surface area (Å²) in [6.07, 6.45) is 7.58. The highest BCUT2D eigenvalue weighted by molar-refractivity contribution is 7.80. The molecule has 0 unspecified atom stereocenters. The van der Waals surface area contributed by atoms with Crippen LogP contribution in [0.3, 0.4) is 0 Å². The molecule has 18 heavy (non-hydrogen) atoms. The molecule has 1 heterocycles. The molecule has 0 bridgehead atoms. The molecule has 1 rings (SSSR count). The molecule has 0 saturated carbocycles. The number of nitrogens with zero attached hydrogens (tertiary/aromatic N) is 1. The molecule has 0 aromatic heterocycles.